The maximum atomic E-state index is 13.6. The lowest BCUT2D eigenvalue weighted by Gasteiger charge is -2.26. The van der Waals surface area contributed by atoms with Crippen molar-refractivity contribution in [2.45, 2.75) is 44.9 Å². The quantitative estimate of drug-likeness (QED) is 0.826. The van der Waals surface area contributed by atoms with Crippen LogP contribution in [-0.4, -0.2) is 30.1 Å². The molecule has 2 nitrogen and oxygen atoms in total. The summed E-state index contributed by atoms with van der Waals surface area (Å²) in [6, 6.07) is 5.21. The van der Waals surface area contributed by atoms with E-state index < -0.39 is 0 Å². The highest BCUT2D eigenvalue weighted by atomic mass is 32.2. The van der Waals surface area contributed by atoms with Crippen molar-refractivity contribution in [3.63, 3.8) is 0 Å². The van der Waals surface area contributed by atoms with Crippen LogP contribution in [0.3, 0.4) is 0 Å². The fourth-order valence-electron chi connectivity index (χ4n) is 2.67. The van der Waals surface area contributed by atoms with Crippen molar-refractivity contribution in [1.82, 2.24) is 5.32 Å². The third kappa shape index (κ3) is 4.89. The summed E-state index contributed by atoms with van der Waals surface area (Å²) in [4.78, 5) is 2.42. The van der Waals surface area contributed by atoms with Crippen LogP contribution in [0.2, 0.25) is 0 Å². The summed E-state index contributed by atoms with van der Waals surface area (Å²) in [5.41, 5.74) is 2.27. The molecule has 1 N–H and O–H groups in total. The van der Waals surface area contributed by atoms with Gasteiger partial charge in [-0.15, -0.1) is 0 Å². The van der Waals surface area contributed by atoms with Gasteiger partial charge >= 0.3 is 0 Å². The van der Waals surface area contributed by atoms with E-state index in [-0.39, 0.29) is 5.82 Å². The molecule has 1 aliphatic rings. The smallest absolute Gasteiger partial charge is 0.123 e. The fourth-order valence-corrected chi connectivity index (χ4v) is 3.77. The van der Waals surface area contributed by atoms with Crippen LogP contribution >= 0.6 is 11.8 Å². The minimum absolute atomic E-state index is 0.142. The highest BCUT2D eigenvalue weighted by Crippen LogP contribution is 2.33. The number of nitrogens with zero attached hydrogens (tertiary/aromatic N) is 1. The zero-order valence-corrected chi connectivity index (χ0v) is 14.2. The SMILES string of the molecule is CCCNCc1cc(F)ccc1N1CCSC(C)(C)CC1. The summed E-state index contributed by atoms with van der Waals surface area (Å²) in [7, 11) is 0. The molecule has 1 saturated heterocycles. The molecule has 0 amide bonds. The molecule has 0 aliphatic carbocycles. The second-order valence-corrected chi connectivity index (χ2v) is 8.10. The number of anilines is 1. The Hall–Kier alpha value is -0.740. The van der Waals surface area contributed by atoms with E-state index in [1.54, 1.807) is 12.1 Å². The fraction of sp³-hybridized carbons (Fsp3) is 0.647. The normalized spacial score (nSPS) is 18.6. The predicted octanol–water partition coefficient (Wildman–Crippen LogP) is 4.05. The summed E-state index contributed by atoms with van der Waals surface area (Å²) in [6.45, 7) is 10.6. The Morgan fingerprint density at radius 3 is 2.90 bits per heavy atom. The molecule has 0 saturated carbocycles. The average Bonchev–Trinajstić information content (AvgIpc) is 2.60. The lowest BCUT2D eigenvalue weighted by Crippen LogP contribution is -2.28. The van der Waals surface area contributed by atoms with Gasteiger partial charge in [-0.05, 0) is 43.1 Å². The van der Waals surface area contributed by atoms with Crippen molar-refractivity contribution >= 4 is 17.4 Å². The van der Waals surface area contributed by atoms with Crippen LogP contribution < -0.4 is 10.2 Å². The first-order valence-corrected chi connectivity index (χ1v) is 8.88. The van der Waals surface area contributed by atoms with Gasteiger partial charge in [0.1, 0.15) is 5.82 Å². The zero-order chi connectivity index (χ0) is 15.3. The first-order chi connectivity index (χ1) is 10.0. The Balaban J connectivity index is 2.13. The Bertz CT molecular complexity index is 462. The average molecular weight is 310 g/mol. The molecule has 1 aromatic carbocycles. The van der Waals surface area contributed by atoms with Crippen LogP contribution in [0.25, 0.3) is 0 Å². The van der Waals surface area contributed by atoms with Crippen molar-refractivity contribution < 1.29 is 4.39 Å². The summed E-state index contributed by atoms with van der Waals surface area (Å²) >= 11 is 2.04. The van der Waals surface area contributed by atoms with Gasteiger partial charge < -0.3 is 10.2 Å². The molecule has 118 valence electrons. The Morgan fingerprint density at radius 1 is 1.33 bits per heavy atom. The van der Waals surface area contributed by atoms with Gasteiger partial charge in [0.2, 0.25) is 0 Å². The number of nitrogens with one attached hydrogen (secondary N) is 1. The largest absolute Gasteiger partial charge is 0.370 e. The maximum absolute atomic E-state index is 13.6. The van der Waals surface area contributed by atoms with Crippen molar-refractivity contribution in [1.29, 1.82) is 0 Å². The first kappa shape index (κ1) is 16.6. The van der Waals surface area contributed by atoms with Gasteiger partial charge in [-0.3, -0.25) is 0 Å². The standard InChI is InChI=1S/C17H27FN2S/c1-4-8-19-13-14-12-15(18)5-6-16(14)20-9-7-17(2,3)21-11-10-20/h5-6,12,19H,4,7-11,13H2,1-3H3. The maximum Gasteiger partial charge on any atom is 0.123 e. The monoisotopic (exact) mass is 310 g/mol. The highest BCUT2D eigenvalue weighted by Gasteiger charge is 2.24. The molecule has 21 heavy (non-hydrogen) atoms. The number of hydrogen-bond acceptors (Lipinski definition) is 3. The molecule has 1 fully saturated rings. The van der Waals surface area contributed by atoms with Crippen LogP contribution in [0.1, 0.15) is 39.2 Å². The van der Waals surface area contributed by atoms with Crippen LogP contribution in [0, 0.1) is 5.82 Å². The number of hydrogen-bond donors (Lipinski definition) is 1. The first-order valence-electron chi connectivity index (χ1n) is 7.90. The molecular weight excluding hydrogens is 283 g/mol. The molecule has 1 aliphatic heterocycles. The van der Waals surface area contributed by atoms with Gasteiger partial charge in [-0.2, -0.15) is 11.8 Å². The lowest BCUT2D eigenvalue weighted by atomic mass is 10.1. The second-order valence-electron chi connectivity index (χ2n) is 6.30. The summed E-state index contributed by atoms with van der Waals surface area (Å²) in [6.07, 6.45) is 2.26. The third-order valence-electron chi connectivity index (χ3n) is 3.96. The van der Waals surface area contributed by atoms with E-state index in [9.17, 15) is 4.39 Å². The zero-order valence-electron chi connectivity index (χ0n) is 13.4. The topological polar surface area (TPSA) is 15.3 Å². The molecule has 0 aromatic heterocycles. The Morgan fingerprint density at radius 2 is 2.14 bits per heavy atom. The van der Waals surface area contributed by atoms with Gasteiger partial charge in [0, 0.05) is 35.8 Å². The van der Waals surface area contributed by atoms with Crippen molar-refractivity contribution in [3.8, 4) is 0 Å². The van der Waals surface area contributed by atoms with E-state index in [1.807, 2.05) is 17.8 Å². The minimum atomic E-state index is -0.142. The van der Waals surface area contributed by atoms with Crippen molar-refractivity contribution in [2.24, 2.45) is 0 Å². The van der Waals surface area contributed by atoms with Crippen molar-refractivity contribution in [3.05, 3.63) is 29.6 Å². The van der Waals surface area contributed by atoms with E-state index >= 15 is 0 Å². The number of thioether (sulfide) groups is 1. The highest BCUT2D eigenvalue weighted by molar-refractivity contribution is 8.00. The predicted molar refractivity (Wildman–Crippen MR) is 91.8 cm³/mol. The number of halogens is 1. The van der Waals surface area contributed by atoms with Gasteiger partial charge in [-0.1, -0.05) is 20.8 Å². The molecule has 0 radical (unpaired) electrons. The number of benzene rings is 1. The second kappa shape index (κ2) is 7.50. The summed E-state index contributed by atoms with van der Waals surface area (Å²) in [5, 5.41) is 3.39. The summed E-state index contributed by atoms with van der Waals surface area (Å²) < 4.78 is 13.9. The molecule has 0 unspecified atom stereocenters. The Kier molecular flexibility index (Phi) is 5.94. The molecule has 0 spiro atoms. The molecular formula is C17H27FN2S. The molecule has 1 aromatic rings. The van der Waals surface area contributed by atoms with E-state index in [4.69, 9.17) is 0 Å². The molecule has 1 heterocycles. The molecule has 2 rings (SSSR count). The van der Waals surface area contributed by atoms with Crippen LogP contribution in [0.5, 0.6) is 0 Å². The van der Waals surface area contributed by atoms with E-state index in [2.05, 4.69) is 31.0 Å². The van der Waals surface area contributed by atoms with Crippen molar-refractivity contribution in [2.75, 3.05) is 30.3 Å². The van der Waals surface area contributed by atoms with Gasteiger partial charge in [0.05, 0.1) is 0 Å². The van der Waals surface area contributed by atoms with E-state index in [0.717, 1.165) is 50.3 Å². The van der Waals surface area contributed by atoms with E-state index in [1.165, 1.54) is 5.69 Å². The Labute approximate surface area is 132 Å². The van der Waals surface area contributed by atoms with Crippen LogP contribution in [-0.2, 0) is 6.54 Å². The minimum Gasteiger partial charge on any atom is -0.370 e. The van der Waals surface area contributed by atoms with Crippen LogP contribution in [0.4, 0.5) is 10.1 Å². The molecule has 4 heteroatoms. The van der Waals surface area contributed by atoms with Gasteiger partial charge in [-0.25, -0.2) is 4.39 Å². The molecule has 0 atom stereocenters. The molecule has 0 bridgehead atoms. The van der Waals surface area contributed by atoms with Gasteiger partial charge in [0.25, 0.3) is 0 Å². The van der Waals surface area contributed by atoms with Gasteiger partial charge in [0.15, 0.2) is 0 Å². The van der Waals surface area contributed by atoms with E-state index in [0.29, 0.717) is 4.75 Å². The third-order valence-corrected chi connectivity index (χ3v) is 5.33. The number of rotatable bonds is 5. The van der Waals surface area contributed by atoms with Crippen LogP contribution in [0.15, 0.2) is 18.2 Å². The summed E-state index contributed by atoms with van der Waals surface area (Å²) in [5.74, 6) is 0.989. The lowest BCUT2D eigenvalue weighted by molar-refractivity contribution is 0.613.